The molecule has 0 bridgehead atoms. The van der Waals surface area contributed by atoms with E-state index >= 15 is 0 Å². The number of carbonyl (C=O) groups is 1. The van der Waals surface area contributed by atoms with Crippen LogP contribution in [0.25, 0.3) is 0 Å². The van der Waals surface area contributed by atoms with E-state index in [1.807, 2.05) is 62.4 Å². The van der Waals surface area contributed by atoms with Gasteiger partial charge in [-0.1, -0.05) is 18.2 Å². The molecule has 2 rings (SSSR count). The van der Waals surface area contributed by atoms with E-state index in [2.05, 4.69) is 15.8 Å². The van der Waals surface area contributed by atoms with Crippen molar-refractivity contribution in [2.75, 3.05) is 12.4 Å². The van der Waals surface area contributed by atoms with Crippen LogP contribution in [0.1, 0.15) is 25.0 Å². The van der Waals surface area contributed by atoms with Crippen molar-refractivity contribution in [3.8, 4) is 5.75 Å². The summed E-state index contributed by atoms with van der Waals surface area (Å²) in [5.74, 6) is 0.595. The monoisotopic (exact) mass is 325 g/mol. The molecule has 1 unspecified atom stereocenters. The van der Waals surface area contributed by atoms with Gasteiger partial charge in [-0.25, -0.2) is 5.43 Å². The number of carbonyl (C=O) groups excluding carboxylic acids is 1. The van der Waals surface area contributed by atoms with Crippen LogP contribution in [0.15, 0.2) is 53.6 Å². The summed E-state index contributed by atoms with van der Waals surface area (Å²) in [6.07, 6.45) is 0. The average Bonchev–Trinajstić information content (AvgIpc) is 2.61. The standard InChI is InChI=1S/C19H23N3O2/c1-13-7-5-6-8-18(13)20-15(3)19(23)22-21-14(2)16-9-11-17(24-4)12-10-16/h5-12,15,20H,1-4H3,(H,22,23)/b21-14+. The van der Waals surface area contributed by atoms with Gasteiger partial charge in [0, 0.05) is 5.69 Å². The van der Waals surface area contributed by atoms with Gasteiger partial charge in [0.25, 0.3) is 5.91 Å². The first-order valence-electron chi connectivity index (χ1n) is 7.82. The summed E-state index contributed by atoms with van der Waals surface area (Å²) in [6, 6.07) is 15.0. The number of nitrogens with zero attached hydrogens (tertiary/aromatic N) is 1. The number of methoxy groups -OCH3 is 1. The van der Waals surface area contributed by atoms with Crippen molar-refractivity contribution < 1.29 is 9.53 Å². The van der Waals surface area contributed by atoms with E-state index in [-0.39, 0.29) is 5.91 Å². The number of hydrogen-bond donors (Lipinski definition) is 2. The van der Waals surface area contributed by atoms with E-state index in [4.69, 9.17) is 4.74 Å². The molecule has 0 aliphatic rings. The maximum absolute atomic E-state index is 12.2. The number of ether oxygens (including phenoxy) is 1. The molecule has 0 heterocycles. The topological polar surface area (TPSA) is 62.7 Å². The second kappa shape index (κ2) is 8.15. The third-order valence-electron chi connectivity index (χ3n) is 3.75. The highest BCUT2D eigenvalue weighted by atomic mass is 16.5. The molecule has 5 heteroatoms. The Labute approximate surface area is 142 Å². The third-order valence-corrected chi connectivity index (χ3v) is 3.75. The van der Waals surface area contributed by atoms with Crippen LogP contribution >= 0.6 is 0 Å². The highest BCUT2D eigenvalue weighted by Gasteiger charge is 2.12. The summed E-state index contributed by atoms with van der Waals surface area (Å²) in [4.78, 5) is 12.2. The van der Waals surface area contributed by atoms with E-state index in [1.165, 1.54) is 0 Å². The Morgan fingerprint density at radius 1 is 1.12 bits per heavy atom. The van der Waals surface area contributed by atoms with Crippen LogP contribution in [-0.4, -0.2) is 24.8 Å². The molecule has 0 aliphatic carbocycles. The van der Waals surface area contributed by atoms with Gasteiger partial charge < -0.3 is 10.1 Å². The third kappa shape index (κ3) is 4.59. The van der Waals surface area contributed by atoms with Crippen molar-refractivity contribution in [3.05, 3.63) is 59.7 Å². The summed E-state index contributed by atoms with van der Waals surface area (Å²) in [7, 11) is 1.62. The Morgan fingerprint density at radius 3 is 2.42 bits per heavy atom. The van der Waals surface area contributed by atoms with Gasteiger partial charge in [-0.15, -0.1) is 0 Å². The summed E-state index contributed by atoms with van der Waals surface area (Å²) in [5.41, 5.74) is 6.29. The number of anilines is 1. The smallest absolute Gasteiger partial charge is 0.262 e. The molecule has 126 valence electrons. The number of benzene rings is 2. The van der Waals surface area contributed by atoms with Crippen LogP contribution < -0.4 is 15.5 Å². The van der Waals surface area contributed by atoms with Crippen LogP contribution in [0.4, 0.5) is 5.69 Å². The van der Waals surface area contributed by atoms with Crippen LogP contribution in [-0.2, 0) is 4.79 Å². The maximum Gasteiger partial charge on any atom is 0.262 e. The van der Waals surface area contributed by atoms with Gasteiger partial charge in [-0.05, 0) is 62.2 Å². The molecule has 0 aromatic heterocycles. The lowest BCUT2D eigenvalue weighted by Gasteiger charge is -2.15. The van der Waals surface area contributed by atoms with Crippen LogP contribution in [0.2, 0.25) is 0 Å². The Kier molecular flexibility index (Phi) is 5.95. The normalized spacial score (nSPS) is 12.4. The van der Waals surface area contributed by atoms with Gasteiger partial charge in [-0.2, -0.15) is 5.10 Å². The zero-order valence-electron chi connectivity index (χ0n) is 14.5. The van der Waals surface area contributed by atoms with Crippen molar-refractivity contribution in [1.82, 2.24) is 5.43 Å². The molecule has 24 heavy (non-hydrogen) atoms. The van der Waals surface area contributed by atoms with Gasteiger partial charge in [-0.3, -0.25) is 4.79 Å². The van der Waals surface area contributed by atoms with Crippen molar-refractivity contribution >= 4 is 17.3 Å². The van der Waals surface area contributed by atoms with E-state index in [9.17, 15) is 4.79 Å². The molecule has 0 saturated carbocycles. The highest BCUT2D eigenvalue weighted by molar-refractivity contribution is 5.99. The molecule has 1 amide bonds. The van der Waals surface area contributed by atoms with Crippen molar-refractivity contribution in [3.63, 3.8) is 0 Å². The number of aryl methyl sites for hydroxylation is 1. The van der Waals surface area contributed by atoms with Gasteiger partial charge in [0.1, 0.15) is 11.8 Å². The van der Waals surface area contributed by atoms with Crippen molar-refractivity contribution in [1.29, 1.82) is 0 Å². The minimum absolute atomic E-state index is 0.189. The SMILES string of the molecule is COc1ccc(/C(C)=N/NC(=O)C(C)Nc2ccccc2C)cc1. The quantitative estimate of drug-likeness (QED) is 0.632. The predicted octanol–water partition coefficient (Wildman–Crippen LogP) is 3.34. The fraction of sp³-hybridized carbons (Fsp3) is 0.263. The lowest BCUT2D eigenvalue weighted by molar-refractivity contribution is -0.121. The summed E-state index contributed by atoms with van der Waals surface area (Å²) in [5, 5.41) is 7.36. The molecule has 1 atom stereocenters. The largest absolute Gasteiger partial charge is 0.497 e. The van der Waals surface area contributed by atoms with E-state index in [0.29, 0.717) is 0 Å². The van der Waals surface area contributed by atoms with Gasteiger partial charge >= 0.3 is 0 Å². The lowest BCUT2D eigenvalue weighted by Crippen LogP contribution is -2.35. The molecule has 2 N–H and O–H groups in total. The molecule has 0 radical (unpaired) electrons. The highest BCUT2D eigenvalue weighted by Crippen LogP contribution is 2.14. The summed E-state index contributed by atoms with van der Waals surface area (Å²) in [6.45, 7) is 5.65. The van der Waals surface area contributed by atoms with Crippen molar-refractivity contribution in [2.45, 2.75) is 26.8 Å². The minimum Gasteiger partial charge on any atom is -0.497 e. The summed E-state index contributed by atoms with van der Waals surface area (Å²) < 4.78 is 5.13. The predicted molar refractivity (Wildman–Crippen MR) is 97.6 cm³/mol. The zero-order chi connectivity index (χ0) is 17.5. The average molecular weight is 325 g/mol. The minimum atomic E-state index is -0.390. The van der Waals surface area contributed by atoms with Crippen LogP contribution in [0.3, 0.4) is 0 Å². The molecule has 2 aromatic rings. The number of hydrazone groups is 1. The first-order valence-corrected chi connectivity index (χ1v) is 7.82. The number of hydrogen-bond acceptors (Lipinski definition) is 4. The second-order valence-corrected chi connectivity index (χ2v) is 5.58. The zero-order valence-corrected chi connectivity index (χ0v) is 14.5. The number of nitrogens with one attached hydrogen (secondary N) is 2. The Morgan fingerprint density at radius 2 is 1.79 bits per heavy atom. The molecular weight excluding hydrogens is 302 g/mol. The first kappa shape index (κ1) is 17.5. The second-order valence-electron chi connectivity index (χ2n) is 5.58. The Balaban J connectivity index is 1.96. The first-order chi connectivity index (χ1) is 11.5. The molecule has 0 saturated heterocycles. The van der Waals surface area contributed by atoms with Crippen molar-refractivity contribution in [2.24, 2.45) is 5.10 Å². The number of amides is 1. The Bertz CT molecular complexity index is 724. The van der Waals surface area contributed by atoms with Crippen LogP contribution in [0.5, 0.6) is 5.75 Å². The van der Waals surface area contributed by atoms with Gasteiger partial charge in [0.15, 0.2) is 0 Å². The van der Waals surface area contributed by atoms with Gasteiger partial charge in [0.2, 0.25) is 0 Å². The number of rotatable bonds is 6. The summed E-state index contributed by atoms with van der Waals surface area (Å²) >= 11 is 0. The lowest BCUT2D eigenvalue weighted by atomic mass is 10.1. The maximum atomic E-state index is 12.2. The molecule has 5 nitrogen and oxygen atoms in total. The van der Waals surface area contributed by atoms with Gasteiger partial charge in [0.05, 0.1) is 12.8 Å². The molecule has 2 aromatic carbocycles. The molecule has 0 spiro atoms. The number of para-hydroxylation sites is 1. The fourth-order valence-electron chi connectivity index (χ4n) is 2.17. The molecule has 0 aliphatic heterocycles. The van der Waals surface area contributed by atoms with Crippen LogP contribution in [0, 0.1) is 6.92 Å². The Hall–Kier alpha value is -2.82. The molecule has 0 fully saturated rings. The van der Waals surface area contributed by atoms with E-state index < -0.39 is 6.04 Å². The molecular formula is C19H23N3O2. The van der Waals surface area contributed by atoms with E-state index in [0.717, 1.165) is 28.3 Å². The fourth-order valence-corrected chi connectivity index (χ4v) is 2.17. The van der Waals surface area contributed by atoms with E-state index in [1.54, 1.807) is 14.0 Å².